The van der Waals surface area contributed by atoms with Gasteiger partial charge in [-0.2, -0.15) is 0 Å². The van der Waals surface area contributed by atoms with E-state index in [1.807, 2.05) is 0 Å². The minimum Gasteiger partial charge on any atom is -0.477 e. The first kappa shape index (κ1) is 11.9. The third-order valence-corrected chi connectivity index (χ3v) is 1.82. The molecule has 7 heteroatoms. The standard InChI is InChI=1S/C9H13N5O2/c1-5(2-7(11)8(15)16)14-9-12-3-6(10)4-13-9/h3-5,11H,2,10H2,1H3,(H,15,16)(H,12,13,14)/t5-/m0/s1. The van der Waals surface area contributed by atoms with Crippen molar-refractivity contribution >= 4 is 23.3 Å². The Morgan fingerprint density at radius 3 is 2.69 bits per heavy atom. The van der Waals surface area contributed by atoms with Crippen molar-refractivity contribution in [2.75, 3.05) is 11.1 Å². The molecule has 0 fully saturated rings. The number of aromatic nitrogens is 2. The van der Waals surface area contributed by atoms with Crippen LogP contribution in [0, 0.1) is 5.41 Å². The fourth-order valence-corrected chi connectivity index (χ4v) is 1.08. The molecule has 5 N–H and O–H groups in total. The summed E-state index contributed by atoms with van der Waals surface area (Å²) in [5, 5.41) is 18.6. The van der Waals surface area contributed by atoms with Crippen LogP contribution in [0.3, 0.4) is 0 Å². The van der Waals surface area contributed by atoms with Crippen molar-refractivity contribution < 1.29 is 9.90 Å². The van der Waals surface area contributed by atoms with Gasteiger partial charge in [0.15, 0.2) is 0 Å². The summed E-state index contributed by atoms with van der Waals surface area (Å²) < 4.78 is 0. The third-order valence-electron chi connectivity index (χ3n) is 1.82. The molecule has 0 aromatic carbocycles. The largest absolute Gasteiger partial charge is 0.477 e. The fraction of sp³-hybridized carbons (Fsp3) is 0.333. The number of hydrogen-bond acceptors (Lipinski definition) is 6. The van der Waals surface area contributed by atoms with E-state index in [2.05, 4.69) is 15.3 Å². The van der Waals surface area contributed by atoms with Crippen LogP contribution in [0.25, 0.3) is 0 Å². The van der Waals surface area contributed by atoms with E-state index in [1.165, 1.54) is 12.4 Å². The monoisotopic (exact) mass is 223 g/mol. The third kappa shape index (κ3) is 3.52. The number of nitrogens with zero attached hydrogens (tertiary/aromatic N) is 2. The topological polar surface area (TPSA) is 125 Å². The predicted molar refractivity (Wildman–Crippen MR) is 59.5 cm³/mol. The molecule has 7 nitrogen and oxygen atoms in total. The van der Waals surface area contributed by atoms with E-state index in [0.29, 0.717) is 11.6 Å². The molecule has 0 spiro atoms. The Kier molecular flexibility index (Phi) is 3.76. The first-order chi connectivity index (χ1) is 7.49. The lowest BCUT2D eigenvalue weighted by Gasteiger charge is -2.12. The van der Waals surface area contributed by atoms with Crippen molar-refractivity contribution in [3.8, 4) is 0 Å². The molecule has 0 aliphatic carbocycles. The van der Waals surface area contributed by atoms with Crippen LogP contribution in [0.4, 0.5) is 11.6 Å². The maximum Gasteiger partial charge on any atom is 0.349 e. The van der Waals surface area contributed by atoms with Gasteiger partial charge in [-0.1, -0.05) is 0 Å². The van der Waals surface area contributed by atoms with E-state index < -0.39 is 5.97 Å². The molecule has 0 aliphatic heterocycles. The number of carboxylic acid groups (broad SMARTS) is 1. The minimum absolute atomic E-state index is 0.100. The number of aliphatic carboxylic acids is 1. The normalized spacial score (nSPS) is 11.8. The van der Waals surface area contributed by atoms with E-state index in [1.54, 1.807) is 6.92 Å². The molecule has 86 valence electrons. The SMILES string of the molecule is C[C@@H](CC(=N)C(=O)O)Nc1ncc(N)cn1. The molecule has 0 aliphatic rings. The van der Waals surface area contributed by atoms with Gasteiger partial charge in [0.05, 0.1) is 18.1 Å². The first-order valence-electron chi connectivity index (χ1n) is 4.64. The number of nitrogens with one attached hydrogen (secondary N) is 2. The molecule has 0 unspecified atom stereocenters. The van der Waals surface area contributed by atoms with Gasteiger partial charge in [-0.25, -0.2) is 14.8 Å². The second kappa shape index (κ2) is 5.06. The Labute approximate surface area is 92.2 Å². The molecule has 0 bridgehead atoms. The van der Waals surface area contributed by atoms with E-state index in [0.717, 1.165) is 0 Å². The summed E-state index contributed by atoms with van der Waals surface area (Å²) in [7, 11) is 0. The average Bonchev–Trinajstić information content (AvgIpc) is 2.21. The van der Waals surface area contributed by atoms with Gasteiger partial charge in [-0.15, -0.1) is 0 Å². The van der Waals surface area contributed by atoms with E-state index in [9.17, 15) is 4.79 Å². The molecule has 0 saturated carbocycles. The highest BCUT2D eigenvalue weighted by molar-refractivity contribution is 6.34. The van der Waals surface area contributed by atoms with E-state index in [4.69, 9.17) is 16.2 Å². The van der Waals surface area contributed by atoms with Gasteiger partial charge < -0.3 is 16.2 Å². The van der Waals surface area contributed by atoms with Crippen molar-refractivity contribution in [3.63, 3.8) is 0 Å². The molecule has 0 saturated heterocycles. The van der Waals surface area contributed by atoms with Crippen molar-refractivity contribution in [1.29, 1.82) is 5.41 Å². The molecular formula is C9H13N5O2. The molecule has 1 aromatic heterocycles. The zero-order valence-electron chi connectivity index (χ0n) is 8.77. The Morgan fingerprint density at radius 1 is 1.62 bits per heavy atom. The summed E-state index contributed by atoms with van der Waals surface area (Å²) in [4.78, 5) is 18.2. The van der Waals surface area contributed by atoms with Crippen LogP contribution < -0.4 is 11.1 Å². The van der Waals surface area contributed by atoms with Gasteiger partial charge in [0, 0.05) is 12.5 Å². The highest BCUT2D eigenvalue weighted by atomic mass is 16.4. The number of nitrogen functional groups attached to an aromatic ring is 1. The van der Waals surface area contributed by atoms with Gasteiger partial charge in [0.2, 0.25) is 5.95 Å². The quantitative estimate of drug-likeness (QED) is 0.534. The number of carboxylic acids is 1. The molecule has 1 aromatic rings. The molecular weight excluding hydrogens is 210 g/mol. The average molecular weight is 223 g/mol. The predicted octanol–water partition coefficient (Wildman–Crippen LogP) is 0.354. The summed E-state index contributed by atoms with van der Waals surface area (Å²) in [6.07, 6.45) is 3.00. The van der Waals surface area contributed by atoms with Crippen LogP contribution in [-0.2, 0) is 4.79 Å². The molecule has 0 radical (unpaired) electrons. The molecule has 16 heavy (non-hydrogen) atoms. The maximum absolute atomic E-state index is 10.4. The highest BCUT2D eigenvalue weighted by Crippen LogP contribution is 2.04. The second-order valence-corrected chi connectivity index (χ2v) is 3.37. The Hall–Kier alpha value is -2.18. The number of rotatable bonds is 5. The Morgan fingerprint density at radius 2 is 2.19 bits per heavy atom. The van der Waals surface area contributed by atoms with Crippen LogP contribution in [-0.4, -0.2) is 32.8 Å². The van der Waals surface area contributed by atoms with Crippen LogP contribution in [0.5, 0.6) is 0 Å². The fourth-order valence-electron chi connectivity index (χ4n) is 1.08. The molecule has 0 amide bonds. The van der Waals surface area contributed by atoms with Crippen LogP contribution in [0.1, 0.15) is 13.3 Å². The maximum atomic E-state index is 10.4. The summed E-state index contributed by atoms with van der Waals surface area (Å²) in [6.45, 7) is 1.75. The lowest BCUT2D eigenvalue weighted by molar-refractivity contribution is -0.129. The van der Waals surface area contributed by atoms with Gasteiger partial charge in [-0.05, 0) is 6.92 Å². The number of hydrogen-bond donors (Lipinski definition) is 4. The van der Waals surface area contributed by atoms with Gasteiger partial charge in [0.1, 0.15) is 5.71 Å². The smallest absolute Gasteiger partial charge is 0.349 e. The Balaban J connectivity index is 2.51. The lowest BCUT2D eigenvalue weighted by Crippen LogP contribution is -2.24. The van der Waals surface area contributed by atoms with Crippen molar-refractivity contribution in [2.45, 2.75) is 19.4 Å². The number of carbonyl (C=O) groups is 1. The first-order valence-corrected chi connectivity index (χ1v) is 4.64. The molecule has 1 rings (SSSR count). The van der Waals surface area contributed by atoms with Crippen LogP contribution in [0.2, 0.25) is 0 Å². The van der Waals surface area contributed by atoms with E-state index in [-0.39, 0.29) is 18.2 Å². The lowest BCUT2D eigenvalue weighted by atomic mass is 10.1. The molecule has 1 heterocycles. The van der Waals surface area contributed by atoms with Crippen molar-refractivity contribution in [3.05, 3.63) is 12.4 Å². The summed E-state index contributed by atoms with van der Waals surface area (Å²) >= 11 is 0. The minimum atomic E-state index is -1.22. The van der Waals surface area contributed by atoms with Crippen LogP contribution >= 0.6 is 0 Å². The zero-order chi connectivity index (χ0) is 12.1. The van der Waals surface area contributed by atoms with Gasteiger partial charge in [-0.3, -0.25) is 5.41 Å². The number of anilines is 2. The number of nitrogens with two attached hydrogens (primary N) is 1. The zero-order valence-corrected chi connectivity index (χ0v) is 8.77. The molecule has 1 atom stereocenters. The summed E-state index contributed by atoms with van der Waals surface area (Å²) in [5.41, 5.74) is 5.52. The van der Waals surface area contributed by atoms with E-state index >= 15 is 0 Å². The van der Waals surface area contributed by atoms with Gasteiger partial charge >= 0.3 is 5.97 Å². The van der Waals surface area contributed by atoms with Crippen LogP contribution in [0.15, 0.2) is 12.4 Å². The highest BCUT2D eigenvalue weighted by Gasteiger charge is 2.12. The Bertz CT molecular complexity index is 389. The van der Waals surface area contributed by atoms with Gasteiger partial charge in [0.25, 0.3) is 0 Å². The van der Waals surface area contributed by atoms with Crippen molar-refractivity contribution in [2.24, 2.45) is 0 Å². The summed E-state index contributed by atoms with van der Waals surface area (Å²) in [5.74, 6) is -0.855. The van der Waals surface area contributed by atoms with Crippen molar-refractivity contribution in [1.82, 2.24) is 9.97 Å². The second-order valence-electron chi connectivity index (χ2n) is 3.37. The summed E-state index contributed by atoms with van der Waals surface area (Å²) in [6, 6.07) is -0.229.